The molecule has 3 aromatic carbocycles. The van der Waals surface area contributed by atoms with Crippen molar-refractivity contribution in [2.75, 3.05) is 4.90 Å². The highest BCUT2D eigenvalue weighted by Crippen LogP contribution is 2.59. The van der Waals surface area contributed by atoms with Gasteiger partial charge in [0, 0.05) is 37.2 Å². The summed E-state index contributed by atoms with van der Waals surface area (Å²) >= 11 is 1.86. The fraction of sp³-hybridized carbons (Fsp3) is 0.182. The highest BCUT2D eigenvalue weighted by atomic mass is 32.1. The molecule has 0 saturated heterocycles. The number of hydrogen-bond donors (Lipinski definition) is 0. The second-order valence-electron chi connectivity index (χ2n) is 11.4. The van der Waals surface area contributed by atoms with Crippen LogP contribution in [0.2, 0.25) is 0 Å². The summed E-state index contributed by atoms with van der Waals surface area (Å²) in [5, 5.41) is 2.64. The van der Waals surface area contributed by atoms with E-state index in [9.17, 15) is 0 Å². The predicted octanol–water partition coefficient (Wildman–Crippen LogP) is 8.65. The van der Waals surface area contributed by atoms with Gasteiger partial charge in [-0.15, -0.1) is 11.3 Å². The van der Waals surface area contributed by atoms with E-state index in [1.807, 2.05) is 29.8 Å². The maximum Gasteiger partial charge on any atom is 0.115 e. The van der Waals surface area contributed by atoms with Gasteiger partial charge in [-0.3, -0.25) is 4.98 Å². The monoisotopic (exact) mass is 510 g/mol. The third-order valence-electron chi connectivity index (χ3n) is 8.54. The van der Waals surface area contributed by atoms with Crippen LogP contribution in [0, 0.1) is 0 Å². The molecule has 4 nitrogen and oxygen atoms in total. The summed E-state index contributed by atoms with van der Waals surface area (Å²) in [6.07, 6.45) is 5.53. The second kappa shape index (κ2) is 7.27. The van der Waals surface area contributed by atoms with Crippen LogP contribution >= 0.6 is 11.3 Å². The first-order valence-corrected chi connectivity index (χ1v) is 13.8. The van der Waals surface area contributed by atoms with Gasteiger partial charge in [0.25, 0.3) is 0 Å². The van der Waals surface area contributed by atoms with E-state index in [1.165, 1.54) is 48.1 Å². The van der Waals surface area contributed by atoms with Crippen molar-refractivity contribution < 1.29 is 0 Å². The normalized spacial score (nSPS) is 16.3. The van der Waals surface area contributed by atoms with E-state index in [2.05, 4.69) is 98.2 Å². The lowest BCUT2D eigenvalue weighted by Gasteiger charge is -2.48. The lowest BCUT2D eigenvalue weighted by atomic mass is 9.68. The van der Waals surface area contributed by atoms with E-state index in [1.54, 1.807) is 6.33 Å². The summed E-state index contributed by atoms with van der Waals surface area (Å²) in [6.45, 7) is 9.18. The fourth-order valence-corrected chi connectivity index (χ4v) is 7.64. The Labute approximate surface area is 225 Å². The van der Waals surface area contributed by atoms with E-state index in [-0.39, 0.29) is 10.8 Å². The lowest BCUT2D eigenvalue weighted by molar-refractivity contribution is 0.573. The van der Waals surface area contributed by atoms with Crippen LogP contribution in [0.1, 0.15) is 50.2 Å². The number of rotatable bonds is 1. The van der Waals surface area contributed by atoms with Crippen molar-refractivity contribution in [3.05, 3.63) is 108 Å². The van der Waals surface area contributed by atoms with E-state index >= 15 is 0 Å². The van der Waals surface area contributed by atoms with Crippen molar-refractivity contribution in [2.24, 2.45) is 0 Å². The van der Waals surface area contributed by atoms with Gasteiger partial charge in [-0.05, 0) is 92.4 Å². The molecule has 0 unspecified atom stereocenters. The first kappa shape index (κ1) is 21.9. The quantitative estimate of drug-likeness (QED) is 0.222. The first-order chi connectivity index (χ1) is 18.4. The van der Waals surface area contributed by atoms with Gasteiger partial charge in [0.05, 0.1) is 34.6 Å². The molecule has 0 radical (unpaired) electrons. The number of fused-ring (bicyclic) bond motifs is 7. The maximum atomic E-state index is 4.92. The van der Waals surface area contributed by atoms with Crippen LogP contribution in [-0.2, 0) is 10.8 Å². The molecule has 38 heavy (non-hydrogen) atoms. The number of aromatic nitrogens is 3. The van der Waals surface area contributed by atoms with Gasteiger partial charge < -0.3 is 4.90 Å². The topological polar surface area (TPSA) is 41.9 Å². The largest absolute Gasteiger partial charge is 0.305 e. The summed E-state index contributed by atoms with van der Waals surface area (Å²) in [5.41, 5.74) is 9.98. The van der Waals surface area contributed by atoms with Crippen LogP contribution in [-0.4, -0.2) is 15.0 Å². The molecule has 0 aliphatic carbocycles. The second-order valence-corrected chi connectivity index (χ2v) is 12.5. The van der Waals surface area contributed by atoms with Crippen molar-refractivity contribution in [1.29, 1.82) is 0 Å². The van der Waals surface area contributed by atoms with Gasteiger partial charge in [-0.1, -0.05) is 24.3 Å². The smallest absolute Gasteiger partial charge is 0.115 e. The summed E-state index contributed by atoms with van der Waals surface area (Å²) in [7, 11) is 0. The van der Waals surface area contributed by atoms with Crippen molar-refractivity contribution in [1.82, 2.24) is 15.0 Å². The zero-order valence-electron chi connectivity index (χ0n) is 21.8. The number of benzene rings is 3. The van der Waals surface area contributed by atoms with Crippen molar-refractivity contribution >= 4 is 48.6 Å². The number of nitrogens with zero attached hydrogens (tertiary/aromatic N) is 4. The third-order valence-corrected chi connectivity index (χ3v) is 9.69. The van der Waals surface area contributed by atoms with Gasteiger partial charge in [0.15, 0.2) is 0 Å². The van der Waals surface area contributed by atoms with E-state index in [4.69, 9.17) is 9.97 Å². The molecule has 0 fully saturated rings. The Morgan fingerprint density at radius 3 is 2.24 bits per heavy atom. The minimum absolute atomic E-state index is 0.268. The number of thiophene rings is 1. The Hall–Kier alpha value is -4.09. The first-order valence-electron chi connectivity index (χ1n) is 13.0. The Morgan fingerprint density at radius 2 is 1.42 bits per heavy atom. The van der Waals surface area contributed by atoms with Crippen molar-refractivity contribution in [3.63, 3.8) is 0 Å². The summed E-state index contributed by atoms with van der Waals surface area (Å²) < 4.78 is 2.65. The Balaban J connectivity index is 1.45. The van der Waals surface area contributed by atoms with Gasteiger partial charge >= 0.3 is 0 Å². The summed E-state index contributed by atoms with van der Waals surface area (Å²) in [5.74, 6) is 0. The van der Waals surface area contributed by atoms with Crippen LogP contribution in [0.3, 0.4) is 0 Å². The number of pyridine rings is 1. The van der Waals surface area contributed by atoms with Crippen LogP contribution in [0.4, 0.5) is 17.1 Å². The maximum absolute atomic E-state index is 4.92. The number of hydrogen-bond acceptors (Lipinski definition) is 5. The molecular weight excluding hydrogens is 484 g/mol. The molecule has 0 N–H and O–H groups in total. The average molecular weight is 511 g/mol. The molecule has 184 valence electrons. The van der Waals surface area contributed by atoms with Crippen LogP contribution in [0.5, 0.6) is 0 Å². The molecule has 0 spiro atoms. The SMILES string of the molecule is CC1(C)c2cc(-c3ccc4sc5ccccc5c4c3)cc3c2N(c2cccnc21)c1cncnc1C3(C)C. The molecule has 3 aromatic heterocycles. The van der Waals surface area contributed by atoms with Gasteiger partial charge in [-0.25, -0.2) is 9.97 Å². The van der Waals surface area contributed by atoms with E-state index in [0.717, 1.165) is 22.8 Å². The van der Waals surface area contributed by atoms with Crippen LogP contribution < -0.4 is 4.90 Å². The predicted molar refractivity (Wildman–Crippen MR) is 157 cm³/mol. The molecule has 2 aliphatic rings. The Kier molecular flexibility index (Phi) is 4.20. The highest BCUT2D eigenvalue weighted by Gasteiger charge is 2.47. The molecule has 0 atom stereocenters. The molecule has 0 amide bonds. The number of anilines is 3. The van der Waals surface area contributed by atoms with Gasteiger partial charge in [0.2, 0.25) is 0 Å². The van der Waals surface area contributed by atoms with E-state index in [0.29, 0.717) is 0 Å². The molecule has 8 rings (SSSR count). The Bertz CT molecular complexity index is 1870. The molecular formula is C33H26N4S. The Morgan fingerprint density at radius 1 is 0.684 bits per heavy atom. The van der Waals surface area contributed by atoms with Gasteiger partial charge in [-0.2, -0.15) is 0 Å². The standard InChI is InChI=1S/C33H26N4S/c1-32(2)23-15-20(19-11-12-28-22(14-19)21-8-5-6-10-27(21)38-28)16-24-29(23)37(25-9-7-13-35-30(25)32)26-17-34-18-36-31(26)33(24,3)4/h5-18H,1-4H3. The van der Waals surface area contributed by atoms with Gasteiger partial charge in [0.1, 0.15) is 6.33 Å². The minimum atomic E-state index is -0.288. The van der Waals surface area contributed by atoms with Crippen molar-refractivity contribution in [3.8, 4) is 11.1 Å². The zero-order chi connectivity index (χ0) is 25.8. The highest BCUT2D eigenvalue weighted by molar-refractivity contribution is 7.25. The van der Waals surface area contributed by atoms with Crippen molar-refractivity contribution in [2.45, 2.75) is 38.5 Å². The lowest BCUT2D eigenvalue weighted by Crippen LogP contribution is -2.39. The van der Waals surface area contributed by atoms with Crippen LogP contribution in [0.15, 0.2) is 85.5 Å². The zero-order valence-corrected chi connectivity index (χ0v) is 22.6. The summed E-state index contributed by atoms with van der Waals surface area (Å²) in [6, 6.07) is 24.6. The summed E-state index contributed by atoms with van der Waals surface area (Å²) in [4.78, 5) is 16.5. The molecule has 0 saturated carbocycles. The molecule has 6 aromatic rings. The molecule has 5 heterocycles. The molecule has 2 aliphatic heterocycles. The minimum Gasteiger partial charge on any atom is -0.305 e. The molecule has 5 heteroatoms. The van der Waals surface area contributed by atoms with E-state index < -0.39 is 0 Å². The average Bonchev–Trinajstić information content (AvgIpc) is 3.31. The fourth-order valence-electron chi connectivity index (χ4n) is 6.55. The third kappa shape index (κ3) is 2.72. The van der Waals surface area contributed by atoms with Crippen LogP contribution in [0.25, 0.3) is 31.3 Å². The molecule has 0 bridgehead atoms.